The first-order valence-electron chi connectivity index (χ1n) is 13.9. The standard InChI is InChI=1S/C35H24ClN3O6S/c36-26-10-3-9-23(17-26)33(40)37-27-18-24(34(41)38-31-12-4-7-21-6-1-2-11-29(21)31)16-25(19-27)35(42)39-32-13-5-8-22-20-28(46(43,44)45)14-15-30(22)32/h1-20H,(H,37,40)(H,38,41)(H,39,42)(H,43,44,45). The summed E-state index contributed by atoms with van der Waals surface area (Å²) in [5.74, 6) is -1.60. The molecule has 6 aromatic carbocycles. The molecule has 6 rings (SSSR count). The minimum Gasteiger partial charge on any atom is -0.322 e. The molecule has 0 unspecified atom stereocenters. The number of fused-ring (bicyclic) bond motifs is 2. The summed E-state index contributed by atoms with van der Waals surface area (Å²) in [6, 6.07) is 32.6. The Bertz CT molecular complexity index is 2300. The highest BCUT2D eigenvalue weighted by Gasteiger charge is 2.18. The summed E-state index contributed by atoms with van der Waals surface area (Å²) >= 11 is 6.07. The molecule has 0 fully saturated rings. The first-order chi connectivity index (χ1) is 22.0. The fourth-order valence-corrected chi connectivity index (χ4v) is 5.76. The number of nitrogens with one attached hydrogen (secondary N) is 3. The number of hydrogen-bond acceptors (Lipinski definition) is 5. The first kappa shape index (κ1) is 30.5. The predicted molar refractivity (Wildman–Crippen MR) is 179 cm³/mol. The van der Waals surface area contributed by atoms with Crippen molar-refractivity contribution in [1.82, 2.24) is 0 Å². The molecule has 46 heavy (non-hydrogen) atoms. The van der Waals surface area contributed by atoms with Crippen LogP contribution in [0.5, 0.6) is 0 Å². The number of rotatable bonds is 7. The van der Waals surface area contributed by atoms with E-state index in [0.29, 0.717) is 27.2 Å². The van der Waals surface area contributed by atoms with E-state index in [1.807, 2.05) is 36.4 Å². The second-order valence-electron chi connectivity index (χ2n) is 10.4. The average Bonchev–Trinajstić information content (AvgIpc) is 3.04. The summed E-state index contributed by atoms with van der Waals surface area (Å²) < 4.78 is 32.7. The zero-order chi connectivity index (χ0) is 32.4. The first-order valence-corrected chi connectivity index (χ1v) is 15.7. The van der Waals surface area contributed by atoms with E-state index < -0.39 is 27.8 Å². The molecule has 228 valence electrons. The third-order valence-corrected chi connectivity index (χ3v) is 8.32. The van der Waals surface area contributed by atoms with Crippen LogP contribution in [0.1, 0.15) is 31.1 Å². The van der Waals surface area contributed by atoms with E-state index in [9.17, 15) is 27.4 Å². The lowest BCUT2D eigenvalue weighted by molar-refractivity contribution is 0.101. The molecular formula is C35H24ClN3O6S. The number of anilines is 3. The van der Waals surface area contributed by atoms with Gasteiger partial charge in [-0.05, 0) is 71.4 Å². The smallest absolute Gasteiger partial charge is 0.294 e. The quantitative estimate of drug-likeness (QED) is 0.131. The molecule has 0 saturated heterocycles. The summed E-state index contributed by atoms with van der Waals surface area (Å²) in [6.45, 7) is 0. The molecule has 0 heterocycles. The molecule has 0 bridgehead atoms. The zero-order valence-electron chi connectivity index (χ0n) is 23.8. The average molecular weight is 650 g/mol. The molecule has 6 aromatic rings. The molecule has 9 nitrogen and oxygen atoms in total. The van der Waals surface area contributed by atoms with Gasteiger partial charge in [-0.15, -0.1) is 0 Å². The Hall–Kier alpha value is -5.55. The van der Waals surface area contributed by atoms with Crippen LogP contribution in [0.2, 0.25) is 5.02 Å². The summed E-state index contributed by atoms with van der Waals surface area (Å²) in [6.07, 6.45) is 0. The van der Waals surface area contributed by atoms with Gasteiger partial charge in [-0.1, -0.05) is 72.3 Å². The van der Waals surface area contributed by atoms with Crippen molar-refractivity contribution in [2.24, 2.45) is 0 Å². The molecule has 0 spiro atoms. The van der Waals surface area contributed by atoms with Crippen molar-refractivity contribution in [1.29, 1.82) is 0 Å². The third kappa shape index (κ3) is 6.59. The summed E-state index contributed by atoms with van der Waals surface area (Å²) in [4.78, 5) is 40.0. The zero-order valence-corrected chi connectivity index (χ0v) is 25.4. The van der Waals surface area contributed by atoms with Crippen LogP contribution < -0.4 is 16.0 Å². The van der Waals surface area contributed by atoms with Crippen molar-refractivity contribution in [3.05, 3.63) is 143 Å². The topological polar surface area (TPSA) is 142 Å². The molecule has 0 atom stereocenters. The number of carbonyl (C=O) groups is 3. The van der Waals surface area contributed by atoms with Gasteiger partial charge in [0.25, 0.3) is 27.8 Å². The van der Waals surface area contributed by atoms with Crippen molar-refractivity contribution in [3.8, 4) is 0 Å². The maximum Gasteiger partial charge on any atom is 0.294 e. The minimum atomic E-state index is -4.43. The van der Waals surface area contributed by atoms with E-state index >= 15 is 0 Å². The van der Waals surface area contributed by atoms with Gasteiger partial charge >= 0.3 is 0 Å². The van der Waals surface area contributed by atoms with Gasteiger partial charge in [0.1, 0.15) is 0 Å². The second kappa shape index (κ2) is 12.4. The van der Waals surface area contributed by atoms with Crippen molar-refractivity contribution in [2.75, 3.05) is 16.0 Å². The highest BCUT2D eigenvalue weighted by Crippen LogP contribution is 2.28. The van der Waals surface area contributed by atoms with E-state index in [1.54, 1.807) is 42.5 Å². The number of halogens is 1. The lowest BCUT2D eigenvalue weighted by Crippen LogP contribution is -2.18. The Morgan fingerprint density at radius 3 is 1.76 bits per heavy atom. The minimum absolute atomic E-state index is 0.0681. The molecule has 0 aliphatic rings. The van der Waals surface area contributed by atoms with Crippen LogP contribution in [0.15, 0.2) is 126 Å². The van der Waals surface area contributed by atoms with Gasteiger partial charge < -0.3 is 16.0 Å². The van der Waals surface area contributed by atoms with Gasteiger partial charge in [0, 0.05) is 49.5 Å². The molecule has 0 aromatic heterocycles. The molecule has 0 radical (unpaired) electrons. The van der Waals surface area contributed by atoms with Gasteiger partial charge in [-0.2, -0.15) is 8.42 Å². The maximum atomic E-state index is 13.6. The van der Waals surface area contributed by atoms with E-state index in [-0.39, 0.29) is 27.3 Å². The summed E-state index contributed by atoms with van der Waals surface area (Å²) in [7, 11) is -4.43. The summed E-state index contributed by atoms with van der Waals surface area (Å²) in [5.41, 5.74) is 1.58. The number of benzene rings is 6. The molecule has 0 aliphatic heterocycles. The highest BCUT2D eigenvalue weighted by molar-refractivity contribution is 7.85. The van der Waals surface area contributed by atoms with Crippen LogP contribution in [0.4, 0.5) is 17.1 Å². The largest absolute Gasteiger partial charge is 0.322 e. The van der Waals surface area contributed by atoms with Crippen LogP contribution in [-0.4, -0.2) is 30.7 Å². The van der Waals surface area contributed by atoms with Crippen molar-refractivity contribution < 1.29 is 27.4 Å². The lowest BCUT2D eigenvalue weighted by atomic mass is 10.1. The molecule has 3 amide bonds. The van der Waals surface area contributed by atoms with E-state index in [4.69, 9.17) is 11.6 Å². The number of carbonyl (C=O) groups excluding carboxylic acids is 3. The van der Waals surface area contributed by atoms with Gasteiger partial charge in [0.15, 0.2) is 0 Å². The molecule has 11 heteroatoms. The normalized spacial score (nSPS) is 11.3. The molecular weight excluding hydrogens is 626 g/mol. The Kier molecular flexibility index (Phi) is 8.25. The van der Waals surface area contributed by atoms with Crippen LogP contribution >= 0.6 is 11.6 Å². The van der Waals surface area contributed by atoms with Crippen LogP contribution in [0.3, 0.4) is 0 Å². The van der Waals surface area contributed by atoms with Crippen LogP contribution in [0, 0.1) is 0 Å². The van der Waals surface area contributed by atoms with Crippen molar-refractivity contribution in [2.45, 2.75) is 4.90 Å². The lowest BCUT2D eigenvalue weighted by Gasteiger charge is -2.14. The van der Waals surface area contributed by atoms with E-state index in [0.717, 1.165) is 10.8 Å². The van der Waals surface area contributed by atoms with Crippen molar-refractivity contribution in [3.63, 3.8) is 0 Å². The fourth-order valence-electron chi connectivity index (χ4n) is 5.05. The van der Waals surface area contributed by atoms with Crippen molar-refractivity contribution >= 4 is 78.0 Å². The Balaban J connectivity index is 1.35. The van der Waals surface area contributed by atoms with E-state index in [2.05, 4.69) is 16.0 Å². The van der Waals surface area contributed by atoms with Gasteiger partial charge in [-0.3, -0.25) is 18.9 Å². The van der Waals surface area contributed by atoms with Gasteiger partial charge in [-0.25, -0.2) is 0 Å². The Labute approximate surface area is 268 Å². The van der Waals surface area contributed by atoms with Crippen LogP contribution in [0.25, 0.3) is 21.5 Å². The maximum absolute atomic E-state index is 13.6. The SMILES string of the molecule is O=C(Nc1cc(C(=O)Nc2cccc3ccccc23)cc(C(=O)Nc2cccc3cc(S(=O)(=O)O)ccc23)c1)c1cccc(Cl)c1. The number of hydrogen-bond donors (Lipinski definition) is 4. The molecule has 0 saturated carbocycles. The summed E-state index contributed by atoms with van der Waals surface area (Å²) in [5, 5.41) is 11.6. The Morgan fingerprint density at radius 2 is 1.11 bits per heavy atom. The fraction of sp³-hybridized carbons (Fsp3) is 0. The second-order valence-corrected chi connectivity index (χ2v) is 12.2. The predicted octanol–water partition coefficient (Wildman–Crippen LogP) is 7.65. The Morgan fingerprint density at radius 1 is 0.543 bits per heavy atom. The monoisotopic (exact) mass is 649 g/mol. The molecule has 0 aliphatic carbocycles. The highest BCUT2D eigenvalue weighted by atomic mass is 35.5. The number of amides is 3. The van der Waals surface area contributed by atoms with Gasteiger partial charge in [0.05, 0.1) is 4.90 Å². The van der Waals surface area contributed by atoms with E-state index in [1.165, 1.54) is 42.5 Å². The van der Waals surface area contributed by atoms with Gasteiger partial charge in [0.2, 0.25) is 0 Å². The van der Waals surface area contributed by atoms with Crippen LogP contribution in [-0.2, 0) is 10.1 Å². The molecule has 4 N–H and O–H groups in total. The third-order valence-electron chi connectivity index (χ3n) is 7.24.